The van der Waals surface area contributed by atoms with Gasteiger partial charge in [0, 0.05) is 10.0 Å². The highest BCUT2D eigenvalue weighted by Crippen LogP contribution is 2.26. The molecule has 1 aromatic carbocycles. The Kier molecular flexibility index (Phi) is 3.79. The van der Waals surface area contributed by atoms with Gasteiger partial charge in [-0.2, -0.15) is 13.8 Å². The molecule has 0 spiro atoms. The van der Waals surface area contributed by atoms with Crippen LogP contribution in [0.5, 0.6) is 0 Å². The standard InChI is InChI=1S/C10H7Cl2F2N3O/c11-5-1-4(2-6(12)3-5)7(15)9-16-10(8(13)14)18-17-9/h1-3,7-8H,15H2. The SMILES string of the molecule is NC(c1cc(Cl)cc(Cl)c1)c1noc(C(F)F)n1. The zero-order chi connectivity index (χ0) is 13.3. The van der Waals surface area contributed by atoms with Gasteiger partial charge in [-0.1, -0.05) is 28.4 Å². The van der Waals surface area contributed by atoms with Crippen LogP contribution in [-0.2, 0) is 0 Å². The van der Waals surface area contributed by atoms with Crippen LogP contribution in [0.3, 0.4) is 0 Å². The van der Waals surface area contributed by atoms with E-state index in [9.17, 15) is 8.78 Å². The third-order valence-corrected chi connectivity index (χ3v) is 2.60. The van der Waals surface area contributed by atoms with Gasteiger partial charge in [0.05, 0.1) is 6.04 Å². The second kappa shape index (κ2) is 5.17. The Labute approximate surface area is 111 Å². The van der Waals surface area contributed by atoms with Gasteiger partial charge in [0.1, 0.15) is 0 Å². The summed E-state index contributed by atoms with van der Waals surface area (Å²) in [6.45, 7) is 0. The Bertz CT molecular complexity index is 542. The summed E-state index contributed by atoms with van der Waals surface area (Å²) in [5.41, 5.74) is 6.33. The van der Waals surface area contributed by atoms with Gasteiger partial charge in [0.25, 0.3) is 5.89 Å². The minimum absolute atomic E-state index is 0.0522. The maximum absolute atomic E-state index is 12.3. The van der Waals surface area contributed by atoms with Crippen LogP contribution in [0.4, 0.5) is 8.78 Å². The van der Waals surface area contributed by atoms with Crippen LogP contribution in [0, 0.1) is 0 Å². The molecule has 96 valence electrons. The highest BCUT2D eigenvalue weighted by molar-refractivity contribution is 6.34. The molecule has 0 aliphatic carbocycles. The van der Waals surface area contributed by atoms with Crippen molar-refractivity contribution in [3.05, 3.63) is 45.5 Å². The molecule has 0 bridgehead atoms. The minimum Gasteiger partial charge on any atom is -0.333 e. The van der Waals surface area contributed by atoms with Gasteiger partial charge < -0.3 is 10.3 Å². The van der Waals surface area contributed by atoms with Gasteiger partial charge in [-0.3, -0.25) is 0 Å². The highest BCUT2D eigenvalue weighted by Gasteiger charge is 2.21. The van der Waals surface area contributed by atoms with Crippen molar-refractivity contribution in [2.45, 2.75) is 12.5 Å². The summed E-state index contributed by atoms with van der Waals surface area (Å²) in [5, 5.41) is 4.16. The van der Waals surface area contributed by atoms with Crippen molar-refractivity contribution in [2.24, 2.45) is 5.73 Å². The van der Waals surface area contributed by atoms with Crippen LogP contribution in [0.2, 0.25) is 10.0 Å². The Balaban J connectivity index is 2.31. The fraction of sp³-hybridized carbons (Fsp3) is 0.200. The number of hydrogen-bond donors (Lipinski definition) is 1. The van der Waals surface area contributed by atoms with E-state index in [1.807, 2.05) is 0 Å². The first-order valence-corrected chi connectivity index (χ1v) is 5.56. The molecule has 1 heterocycles. The zero-order valence-corrected chi connectivity index (χ0v) is 10.3. The number of halogens is 4. The molecule has 0 saturated carbocycles. The topological polar surface area (TPSA) is 64.9 Å². The minimum atomic E-state index is -2.83. The van der Waals surface area contributed by atoms with E-state index in [0.717, 1.165) is 0 Å². The van der Waals surface area contributed by atoms with E-state index < -0.39 is 18.4 Å². The highest BCUT2D eigenvalue weighted by atomic mass is 35.5. The monoisotopic (exact) mass is 293 g/mol. The van der Waals surface area contributed by atoms with Gasteiger partial charge in [-0.15, -0.1) is 0 Å². The molecule has 0 amide bonds. The van der Waals surface area contributed by atoms with Gasteiger partial charge in [0.2, 0.25) is 0 Å². The molecule has 0 aliphatic heterocycles. The fourth-order valence-corrected chi connectivity index (χ4v) is 1.91. The van der Waals surface area contributed by atoms with Crippen molar-refractivity contribution in [2.75, 3.05) is 0 Å². The van der Waals surface area contributed by atoms with Gasteiger partial charge in [0.15, 0.2) is 5.82 Å². The number of rotatable bonds is 3. The smallest absolute Gasteiger partial charge is 0.315 e. The normalized spacial score (nSPS) is 13.0. The van der Waals surface area contributed by atoms with E-state index in [2.05, 4.69) is 14.7 Å². The second-order valence-corrected chi connectivity index (χ2v) is 4.34. The zero-order valence-electron chi connectivity index (χ0n) is 8.78. The van der Waals surface area contributed by atoms with Gasteiger partial charge >= 0.3 is 6.43 Å². The third-order valence-electron chi connectivity index (χ3n) is 2.17. The molecule has 0 saturated heterocycles. The van der Waals surface area contributed by atoms with Crippen LogP contribution >= 0.6 is 23.2 Å². The molecule has 2 rings (SSSR count). The van der Waals surface area contributed by atoms with E-state index in [4.69, 9.17) is 28.9 Å². The largest absolute Gasteiger partial charge is 0.333 e. The number of hydrogen-bond acceptors (Lipinski definition) is 4. The molecule has 1 atom stereocenters. The van der Waals surface area contributed by atoms with Crippen LogP contribution in [0.1, 0.15) is 29.7 Å². The Morgan fingerprint density at radius 1 is 1.17 bits per heavy atom. The lowest BCUT2D eigenvalue weighted by Crippen LogP contribution is -2.13. The molecular formula is C10H7Cl2F2N3O. The first-order valence-electron chi connectivity index (χ1n) is 4.80. The number of nitrogens with zero attached hydrogens (tertiary/aromatic N) is 2. The summed E-state index contributed by atoms with van der Waals surface area (Å²) in [7, 11) is 0. The van der Waals surface area contributed by atoms with Crippen LogP contribution in [-0.4, -0.2) is 10.1 Å². The summed E-state index contributed by atoms with van der Waals surface area (Å²) < 4.78 is 29.0. The molecule has 2 N–H and O–H groups in total. The van der Waals surface area contributed by atoms with E-state index in [1.165, 1.54) is 6.07 Å². The molecular weight excluding hydrogens is 287 g/mol. The lowest BCUT2D eigenvalue weighted by atomic mass is 10.1. The molecule has 2 aromatic rings. The van der Waals surface area contributed by atoms with Crippen LogP contribution < -0.4 is 5.73 Å². The maximum atomic E-state index is 12.3. The Morgan fingerprint density at radius 3 is 2.28 bits per heavy atom. The fourth-order valence-electron chi connectivity index (χ4n) is 1.37. The predicted molar refractivity (Wildman–Crippen MR) is 61.7 cm³/mol. The summed E-state index contributed by atoms with van der Waals surface area (Å²) in [6, 6.07) is 3.80. The average molecular weight is 294 g/mol. The quantitative estimate of drug-likeness (QED) is 0.942. The first-order chi connectivity index (χ1) is 8.47. The summed E-state index contributed by atoms with van der Waals surface area (Å²) >= 11 is 11.6. The molecule has 1 aromatic heterocycles. The van der Waals surface area contributed by atoms with Crippen molar-refractivity contribution >= 4 is 23.2 Å². The lowest BCUT2D eigenvalue weighted by Gasteiger charge is -2.08. The van der Waals surface area contributed by atoms with E-state index in [1.54, 1.807) is 12.1 Å². The first kappa shape index (κ1) is 13.2. The molecule has 1 unspecified atom stereocenters. The van der Waals surface area contributed by atoms with Crippen LogP contribution in [0.25, 0.3) is 0 Å². The number of nitrogens with two attached hydrogens (primary N) is 1. The predicted octanol–water partition coefficient (Wildman–Crippen LogP) is 3.36. The Hall–Kier alpha value is -1.24. The van der Waals surface area contributed by atoms with Crippen molar-refractivity contribution in [1.82, 2.24) is 10.1 Å². The average Bonchev–Trinajstić information content (AvgIpc) is 2.75. The molecule has 18 heavy (non-hydrogen) atoms. The number of benzene rings is 1. The van der Waals surface area contributed by atoms with E-state index in [0.29, 0.717) is 15.6 Å². The van der Waals surface area contributed by atoms with E-state index in [-0.39, 0.29) is 5.82 Å². The Morgan fingerprint density at radius 2 is 1.78 bits per heavy atom. The molecule has 4 nitrogen and oxygen atoms in total. The third kappa shape index (κ3) is 2.77. The van der Waals surface area contributed by atoms with Crippen LogP contribution in [0.15, 0.2) is 22.7 Å². The molecule has 0 aliphatic rings. The number of aromatic nitrogens is 2. The van der Waals surface area contributed by atoms with E-state index >= 15 is 0 Å². The van der Waals surface area contributed by atoms with Gasteiger partial charge in [-0.25, -0.2) is 0 Å². The molecule has 0 radical (unpaired) electrons. The second-order valence-electron chi connectivity index (χ2n) is 3.47. The summed E-state index contributed by atoms with van der Waals surface area (Å²) in [5.74, 6) is -0.822. The van der Waals surface area contributed by atoms with Crippen molar-refractivity contribution in [1.29, 1.82) is 0 Å². The van der Waals surface area contributed by atoms with Crippen molar-refractivity contribution in [3.63, 3.8) is 0 Å². The summed E-state index contributed by atoms with van der Waals surface area (Å²) in [6.07, 6.45) is -2.83. The van der Waals surface area contributed by atoms with Crippen molar-refractivity contribution < 1.29 is 13.3 Å². The molecule has 0 fully saturated rings. The molecule has 8 heteroatoms. The lowest BCUT2D eigenvalue weighted by molar-refractivity contribution is 0.106. The van der Waals surface area contributed by atoms with Crippen molar-refractivity contribution in [3.8, 4) is 0 Å². The summed E-state index contributed by atoms with van der Waals surface area (Å²) in [4.78, 5) is 3.51. The number of alkyl halides is 2. The van der Waals surface area contributed by atoms with Gasteiger partial charge in [-0.05, 0) is 23.8 Å². The maximum Gasteiger partial charge on any atom is 0.315 e.